The van der Waals surface area contributed by atoms with Crippen LogP contribution in [0.15, 0.2) is 66.7 Å². The molecule has 1 spiro atoms. The number of rotatable bonds is 4. The lowest BCUT2D eigenvalue weighted by Crippen LogP contribution is -2.48. The number of piperidine rings is 2. The predicted octanol–water partition coefficient (Wildman–Crippen LogP) is 6.76. The molecule has 0 bridgehead atoms. The SMILES string of the molecule is CN(C(=O)c1ccccc1Cl)C1CCc2ccc(C(=O)N3CCC4(CC3)CCN(c3ccc(F)cc3)CC4)cc21. The zero-order valence-electron chi connectivity index (χ0n) is 22.9. The van der Waals surface area contributed by atoms with Gasteiger partial charge in [-0.15, -0.1) is 0 Å². The second-order valence-electron chi connectivity index (χ2n) is 11.6. The Hall–Kier alpha value is -3.38. The fourth-order valence-electron chi connectivity index (χ4n) is 6.84. The van der Waals surface area contributed by atoms with E-state index in [1.165, 1.54) is 17.7 Å². The third-order valence-electron chi connectivity index (χ3n) is 9.46. The van der Waals surface area contributed by atoms with Gasteiger partial charge in [0.1, 0.15) is 5.82 Å². The minimum absolute atomic E-state index is 0.0760. The van der Waals surface area contributed by atoms with Crippen LogP contribution in [0.4, 0.5) is 10.1 Å². The summed E-state index contributed by atoms with van der Waals surface area (Å²) >= 11 is 6.30. The first kappa shape index (κ1) is 26.8. The minimum Gasteiger partial charge on any atom is -0.371 e. The molecule has 0 radical (unpaired) electrons. The quantitative estimate of drug-likeness (QED) is 0.355. The summed E-state index contributed by atoms with van der Waals surface area (Å²) < 4.78 is 13.3. The number of anilines is 1. The molecule has 3 aromatic rings. The van der Waals surface area contributed by atoms with Crippen LogP contribution in [0.5, 0.6) is 0 Å². The lowest BCUT2D eigenvalue weighted by Gasteiger charge is -2.47. The van der Waals surface area contributed by atoms with Gasteiger partial charge < -0.3 is 14.7 Å². The van der Waals surface area contributed by atoms with Crippen LogP contribution in [-0.4, -0.2) is 54.8 Å². The van der Waals surface area contributed by atoms with E-state index in [0.29, 0.717) is 16.1 Å². The van der Waals surface area contributed by atoms with Crippen LogP contribution < -0.4 is 4.90 Å². The average Bonchev–Trinajstić information content (AvgIpc) is 3.41. The molecule has 0 saturated carbocycles. The van der Waals surface area contributed by atoms with Gasteiger partial charge in [0, 0.05) is 44.5 Å². The molecule has 2 saturated heterocycles. The largest absolute Gasteiger partial charge is 0.371 e. The number of carbonyl (C=O) groups is 2. The summed E-state index contributed by atoms with van der Waals surface area (Å²) in [6.45, 7) is 3.46. The maximum atomic E-state index is 13.6. The van der Waals surface area contributed by atoms with Crippen molar-refractivity contribution in [1.82, 2.24) is 9.80 Å². The zero-order valence-corrected chi connectivity index (χ0v) is 23.7. The smallest absolute Gasteiger partial charge is 0.255 e. The molecule has 5 nitrogen and oxygen atoms in total. The van der Waals surface area contributed by atoms with Crippen LogP contribution in [0.1, 0.15) is 70.0 Å². The molecule has 2 heterocycles. The van der Waals surface area contributed by atoms with Crippen LogP contribution in [0.2, 0.25) is 5.02 Å². The van der Waals surface area contributed by atoms with E-state index in [9.17, 15) is 14.0 Å². The molecule has 0 aromatic heterocycles. The molecule has 40 heavy (non-hydrogen) atoms. The number of nitrogens with zero attached hydrogens (tertiary/aromatic N) is 3. The zero-order chi connectivity index (χ0) is 27.9. The van der Waals surface area contributed by atoms with Crippen molar-refractivity contribution in [1.29, 1.82) is 0 Å². The second kappa shape index (κ2) is 10.9. The van der Waals surface area contributed by atoms with Gasteiger partial charge in [-0.25, -0.2) is 4.39 Å². The molecule has 1 aliphatic carbocycles. The Balaban J connectivity index is 1.09. The highest BCUT2D eigenvalue weighted by molar-refractivity contribution is 6.33. The Morgan fingerprint density at radius 1 is 0.925 bits per heavy atom. The molecule has 7 heteroatoms. The van der Waals surface area contributed by atoms with E-state index in [2.05, 4.69) is 11.0 Å². The van der Waals surface area contributed by atoms with Crippen LogP contribution in [0.25, 0.3) is 0 Å². The highest BCUT2D eigenvalue weighted by Crippen LogP contribution is 2.43. The first-order valence-corrected chi connectivity index (χ1v) is 14.7. The molecular weight excluding hydrogens is 525 g/mol. The molecule has 2 amide bonds. The third-order valence-corrected chi connectivity index (χ3v) is 9.79. The average molecular weight is 560 g/mol. The lowest BCUT2D eigenvalue weighted by molar-refractivity contribution is 0.0515. The Bertz CT molecular complexity index is 1410. The van der Waals surface area contributed by atoms with Gasteiger partial charge >= 0.3 is 0 Å². The number of amides is 2. The van der Waals surface area contributed by atoms with Gasteiger partial charge in [-0.2, -0.15) is 0 Å². The summed E-state index contributed by atoms with van der Waals surface area (Å²) in [5, 5.41) is 0.450. The van der Waals surface area contributed by atoms with Crippen molar-refractivity contribution < 1.29 is 14.0 Å². The van der Waals surface area contributed by atoms with Crippen molar-refractivity contribution in [3.05, 3.63) is 99.8 Å². The highest BCUT2D eigenvalue weighted by atomic mass is 35.5. The number of likely N-dealkylation sites (tertiary alicyclic amines) is 1. The summed E-state index contributed by atoms with van der Waals surface area (Å²) in [4.78, 5) is 33.0. The highest BCUT2D eigenvalue weighted by Gasteiger charge is 2.39. The number of fused-ring (bicyclic) bond motifs is 1. The monoisotopic (exact) mass is 559 g/mol. The molecule has 3 aromatic carbocycles. The van der Waals surface area contributed by atoms with Gasteiger partial charge in [0.25, 0.3) is 11.8 Å². The molecule has 0 N–H and O–H groups in total. The molecule has 1 unspecified atom stereocenters. The van der Waals surface area contributed by atoms with E-state index in [0.717, 1.165) is 76.0 Å². The van der Waals surface area contributed by atoms with E-state index in [-0.39, 0.29) is 29.1 Å². The molecule has 2 fully saturated rings. The fraction of sp³-hybridized carbons (Fsp3) is 0.394. The topological polar surface area (TPSA) is 43.9 Å². The molecule has 3 aliphatic rings. The standard InChI is InChI=1S/C33H35ClFN3O2/c1-36(32(40)27-4-2-3-5-29(27)34)30-13-8-23-6-7-24(22-28(23)30)31(39)38-20-16-33(17-21-38)14-18-37(19-15-33)26-11-9-25(35)10-12-26/h2-7,9-12,22,30H,8,13-21H2,1H3. The normalized spacial score (nSPS) is 19.9. The number of benzene rings is 3. The van der Waals surface area contributed by atoms with Gasteiger partial charge in [-0.1, -0.05) is 29.8 Å². The summed E-state index contributed by atoms with van der Waals surface area (Å²) in [5.74, 6) is -0.232. The third kappa shape index (κ3) is 5.10. The predicted molar refractivity (Wildman–Crippen MR) is 156 cm³/mol. The Morgan fingerprint density at radius 2 is 1.60 bits per heavy atom. The van der Waals surface area contributed by atoms with Gasteiger partial charge in [-0.3, -0.25) is 9.59 Å². The summed E-state index contributed by atoms with van der Waals surface area (Å²) in [7, 11) is 1.82. The van der Waals surface area contributed by atoms with Crippen LogP contribution in [-0.2, 0) is 6.42 Å². The number of hydrogen-bond donors (Lipinski definition) is 0. The van der Waals surface area contributed by atoms with E-state index >= 15 is 0 Å². The van der Waals surface area contributed by atoms with Crippen molar-refractivity contribution in [3.63, 3.8) is 0 Å². The number of halogens is 2. The van der Waals surface area contributed by atoms with Gasteiger partial charge in [-0.05, 0) is 104 Å². The molecule has 6 rings (SSSR count). The van der Waals surface area contributed by atoms with Crippen LogP contribution >= 0.6 is 11.6 Å². The first-order chi connectivity index (χ1) is 19.3. The van der Waals surface area contributed by atoms with Crippen molar-refractivity contribution in [2.45, 2.75) is 44.6 Å². The first-order valence-electron chi connectivity index (χ1n) is 14.3. The maximum absolute atomic E-state index is 13.6. The molecular formula is C33H35ClFN3O2. The van der Waals surface area contributed by atoms with Gasteiger partial charge in [0.2, 0.25) is 0 Å². The van der Waals surface area contributed by atoms with E-state index < -0.39 is 0 Å². The van der Waals surface area contributed by atoms with Gasteiger partial charge in [0.05, 0.1) is 16.6 Å². The Morgan fingerprint density at radius 3 is 2.30 bits per heavy atom. The van der Waals surface area contributed by atoms with Crippen molar-refractivity contribution in [3.8, 4) is 0 Å². The van der Waals surface area contributed by atoms with Crippen LogP contribution in [0.3, 0.4) is 0 Å². The van der Waals surface area contributed by atoms with Crippen molar-refractivity contribution >= 4 is 29.1 Å². The number of hydrogen-bond acceptors (Lipinski definition) is 3. The molecule has 208 valence electrons. The minimum atomic E-state index is -0.203. The number of aryl methyl sites for hydroxylation is 1. The van der Waals surface area contributed by atoms with Crippen LogP contribution in [0, 0.1) is 11.2 Å². The van der Waals surface area contributed by atoms with E-state index in [1.54, 1.807) is 17.0 Å². The maximum Gasteiger partial charge on any atom is 0.255 e. The fourth-order valence-corrected chi connectivity index (χ4v) is 7.06. The van der Waals surface area contributed by atoms with E-state index in [4.69, 9.17) is 11.6 Å². The molecule has 1 atom stereocenters. The second-order valence-corrected chi connectivity index (χ2v) is 12.0. The molecule has 2 aliphatic heterocycles. The summed E-state index contributed by atoms with van der Waals surface area (Å²) in [5.41, 5.74) is 4.82. The number of carbonyl (C=O) groups excluding carboxylic acids is 2. The van der Waals surface area contributed by atoms with E-state index in [1.807, 2.05) is 48.3 Å². The van der Waals surface area contributed by atoms with Gasteiger partial charge in [0.15, 0.2) is 0 Å². The van der Waals surface area contributed by atoms with Crippen molar-refractivity contribution in [2.24, 2.45) is 5.41 Å². The Kier molecular flexibility index (Phi) is 7.30. The van der Waals surface area contributed by atoms with Crippen molar-refractivity contribution in [2.75, 3.05) is 38.1 Å². The lowest BCUT2D eigenvalue weighted by atomic mass is 9.71. The Labute approximate surface area is 240 Å². The summed E-state index contributed by atoms with van der Waals surface area (Å²) in [6, 6.07) is 19.9. The summed E-state index contributed by atoms with van der Waals surface area (Å²) in [6.07, 6.45) is 5.94.